The summed E-state index contributed by atoms with van der Waals surface area (Å²) in [6.45, 7) is 3.38. The molecule has 2 aliphatic rings. The first-order valence-corrected chi connectivity index (χ1v) is 11.7. The molecule has 1 atom stereocenters. The molecule has 7 heteroatoms. The summed E-state index contributed by atoms with van der Waals surface area (Å²) in [6.07, 6.45) is 2.08. The average Bonchev–Trinajstić information content (AvgIpc) is 3.09. The first kappa shape index (κ1) is 22.2. The van der Waals surface area contributed by atoms with Crippen molar-refractivity contribution in [1.82, 2.24) is 14.8 Å². The molecule has 1 amide bonds. The molecule has 34 heavy (non-hydrogen) atoms. The Balaban J connectivity index is 1.23. The van der Waals surface area contributed by atoms with E-state index in [0.717, 1.165) is 36.5 Å². The van der Waals surface area contributed by atoms with Crippen molar-refractivity contribution in [3.05, 3.63) is 83.7 Å². The van der Waals surface area contributed by atoms with E-state index in [-0.39, 0.29) is 12.5 Å². The van der Waals surface area contributed by atoms with Crippen molar-refractivity contribution in [3.8, 4) is 17.2 Å². The Kier molecular flexibility index (Phi) is 6.62. The SMILES string of the molecule is CN(CCc1ccccn1)Cc1ccc2c(c1)CN(C(=O)[C@@H]1COc3ccccc3O1)CCO2. The summed E-state index contributed by atoms with van der Waals surface area (Å²) in [5.74, 6) is 2.03. The van der Waals surface area contributed by atoms with Crippen LogP contribution in [0.2, 0.25) is 0 Å². The average molecular weight is 460 g/mol. The maximum absolute atomic E-state index is 13.3. The molecule has 2 aromatic carbocycles. The lowest BCUT2D eigenvalue weighted by molar-refractivity contribution is -0.142. The lowest BCUT2D eigenvalue weighted by atomic mass is 10.1. The van der Waals surface area contributed by atoms with E-state index < -0.39 is 6.10 Å². The Hall–Kier alpha value is -3.58. The number of pyridine rings is 1. The van der Waals surface area contributed by atoms with Crippen LogP contribution in [0.1, 0.15) is 16.8 Å². The van der Waals surface area contributed by atoms with E-state index in [4.69, 9.17) is 14.2 Å². The summed E-state index contributed by atoms with van der Waals surface area (Å²) in [7, 11) is 2.11. The quantitative estimate of drug-likeness (QED) is 0.564. The zero-order valence-corrected chi connectivity index (χ0v) is 19.4. The molecule has 2 aliphatic heterocycles. The summed E-state index contributed by atoms with van der Waals surface area (Å²) < 4.78 is 17.6. The molecule has 0 saturated carbocycles. The van der Waals surface area contributed by atoms with Crippen molar-refractivity contribution in [1.29, 1.82) is 0 Å². The van der Waals surface area contributed by atoms with Gasteiger partial charge in [0.25, 0.3) is 5.91 Å². The van der Waals surface area contributed by atoms with Crippen LogP contribution in [-0.2, 0) is 24.3 Å². The minimum Gasteiger partial charge on any atom is -0.491 e. The maximum atomic E-state index is 13.3. The zero-order valence-electron chi connectivity index (χ0n) is 19.4. The lowest BCUT2D eigenvalue weighted by Gasteiger charge is -2.30. The van der Waals surface area contributed by atoms with Gasteiger partial charge in [-0.1, -0.05) is 24.3 Å². The van der Waals surface area contributed by atoms with Crippen molar-refractivity contribution in [2.45, 2.75) is 25.6 Å². The molecule has 0 unspecified atom stereocenters. The van der Waals surface area contributed by atoms with Gasteiger partial charge in [-0.15, -0.1) is 0 Å². The van der Waals surface area contributed by atoms with Crippen molar-refractivity contribution in [3.63, 3.8) is 0 Å². The van der Waals surface area contributed by atoms with E-state index >= 15 is 0 Å². The van der Waals surface area contributed by atoms with Gasteiger partial charge in [-0.05, 0) is 49.0 Å². The van der Waals surface area contributed by atoms with Crippen LogP contribution in [0, 0.1) is 0 Å². The predicted molar refractivity (Wildman–Crippen MR) is 128 cm³/mol. The number of rotatable bonds is 6. The van der Waals surface area contributed by atoms with Crippen molar-refractivity contribution >= 4 is 5.91 Å². The Bertz CT molecular complexity index is 1140. The Morgan fingerprint density at radius 2 is 1.91 bits per heavy atom. The van der Waals surface area contributed by atoms with E-state index in [1.54, 1.807) is 0 Å². The van der Waals surface area contributed by atoms with E-state index in [0.29, 0.717) is 31.2 Å². The molecule has 7 nitrogen and oxygen atoms in total. The number of nitrogens with zero attached hydrogens (tertiary/aromatic N) is 3. The largest absolute Gasteiger partial charge is 0.491 e. The molecule has 0 saturated heterocycles. The summed E-state index contributed by atoms with van der Waals surface area (Å²) in [5, 5.41) is 0. The number of benzene rings is 2. The number of hydrogen-bond donors (Lipinski definition) is 0. The number of amides is 1. The number of para-hydroxylation sites is 2. The topological polar surface area (TPSA) is 64.1 Å². The van der Waals surface area contributed by atoms with Crippen molar-refractivity contribution in [2.24, 2.45) is 0 Å². The Morgan fingerprint density at radius 1 is 1.06 bits per heavy atom. The van der Waals surface area contributed by atoms with Crippen molar-refractivity contribution < 1.29 is 19.0 Å². The van der Waals surface area contributed by atoms with Gasteiger partial charge in [0.2, 0.25) is 6.10 Å². The Labute approximate surface area is 199 Å². The van der Waals surface area contributed by atoms with Crippen LogP contribution in [0.3, 0.4) is 0 Å². The van der Waals surface area contributed by atoms with Crippen LogP contribution in [-0.4, -0.2) is 60.1 Å². The van der Waals surface area contributed by atoms with Crippen LogP contribution in [0.25, 0.3) is 0 Å². The third kappa shape index (κ3) is 5.15. The molecule has 0 fully saturated rings. The normalized spacial score (nSPS) is 17.0. The van der Waals surface area contributed by atoms with E-state index in [2.05, 4.69) is 35.1 Å². The first-order valence-electron chi connectivity index (χ1n) is 11.7. The highest BCUT2D eigenvalue weighted by molar-refractivity contribution is 5.82. The fraction of sp³-hybridized carbons (Fsp3) is 0.333. The number of carbonyl (C=O) groups is 1. The van der Waals surface area contributed by atoms with Gasteiger partial charge in [0.05, 0.1) is 6.54 Å². The van der Waals surface area contributed by atoms with Gasteiger partial charge < -0.3 is 24.0 Å². The second-order valence-corrected chi connectivity index (χ2v) is 8.72. The highest BCUT2D eigenvalue weighted by Gasteiger charge is 2.32. The van der Waals surface area contributed by atoms with Gasteiger partial charge in [-0.25, -0.2) is 0 Å². The fourth-order valence-corrected chi connectivity index (χ4v) is 4.32. The number of carbonyl (C=O) groups excluding carboxylic acids is 1. The number of fused-ring (bicyclic) bond motifs is 2. The summed E-state index contributed by atoms with van der Waals surface area (Å²) >= 11 is 0. The van der Waals surface area contributed by atoms with Crippen LogP contribution in [0.5, 0.6) is 17.2 Å². The molecule has 0 aliphatic carbocycles. The smallest absolute Gasteiger partial charge is 0.267 e. The van der Waals surface area contributed by atoms with Gasteiger partial charge in [0.1, 0.15) is 19.0 Å². The summed E-state index contributed by atoms with van der Waals surface area (Å²) in [6, 6.07) is 19.7. The highest BCUT2D eigenvalue weighted by atomic mass is 16.6. The molecule has 176 valence electrons. The first-order chi connectivity index (χ1) is 16.7. The third-order valence-corrected chi connectivity index (χ3v) is 6.13. The Morgan fingerprint density at radius 3 is 2.76 bits per heavy atom. The molecule has 1 aromatic heterocycles. The second kappa shape index (κ2) is 10.1. The molecule has 0 radical (unpaired) electrons. The maximum Gasteiger partial charge on any atom is 0.267 e. The van der Waals surface area contributed by atoms with Gasteiger partial charge in [-0.2, -0.15) is 0 Å². The highest BCUT2D eigenvalue weighted by Crippen LogP contribution is 2.32. The van der Waals surface area contributed by atoms with Gasteiger partial charge in [-0.3, -0.25) is 9.78 Å². The number of likely N-dealkylation sites (N-methyl/N-ethyl adjacent to an activating group) is 1. The van der Waals surface area contributed by atoms with Crippen molar-refractivity contribution in [2.75, 3.05) is 33.4 Å². The monoisotopic (exact) mass is 459 g/mol. The van der Waals surface area contributed by atoms with Crippen LogP contribution >= 0.6 is 0 Å². The number of aromatic nitrogens is 1. The van der Waals surface area contributed by atoms with Crippen LogP contribution in [0.15, 0.2) is 66.9 Å². The minimum atomic E-state index is -0.655. The molecule has 3 aromatic rings. The number of hydrogen-bond acceptors (Lipinski definition) is 6. The van der Waals surface area contributed by atoms with Crippen LogP contribution < -0.4 is 14.2 Å². The number of ether oxygens (including phenoxy) is 3. The molecule has 5 rings (SSSR count). The zero-order chi connectivity index (χ0) is 23.3. The molecular formula is C27H29N3O4. The summed E-state index contributed by atoms with van der Waals surface area (Å²) in [5.41, 5.74) is 3.29. The van der Waals surface area contributed by atoms with Gasteiger partial charge in [0.15, 0.2) is 11.5 Å². The second-order valence-electron chi connectivity index (χ2n) is 8.72. The van der Waals surface area contributed by atoms with E-state index in [1.807, 2.05) is 53.6 Å². The summed E-state index contributed by atoms with van der Waals surface area (Å²) in [4.78, 5) is 21.7. The standard InChI is InChI=1S/C27H29N3O4/c1-29(13-11-22-6-4-5-12-28-22)17-20-9-10-23-21(16-20)18-30(14-15-32-23)27(31)26-19-33-24-7-2-3-8-25(24)34-26/h2-10,12,16,26H,11,13-15,17-19H2,1H3/t26-/m0/s1. The molecule has 3 heterocycles. The molecule has 0 N–H and O–H groups in total. The fourth-order valence-electron chi connectivity index (χ4n) is 4.32. The molecule has 0 spiro atoms. The minimum absolute atomic E-state index is 0.0798. The molecular weight excluding hydrogens is 430 g/mol. The van der Waals surface area contributed by atoms with E-state index in [1.165, 1.54) is 5.56 Å². The van der Waals surface area contributed by atoms with E-state index in [9.17, 15) is 4.79 Å². The van der Waals surface area contributed by atoms with Gasteiger partial charge >= 0.3 is 0 Å². The third-order valence-electron chi connectivity index (χ3n) is 6.13. The predicted octanol–water partition coefficient (Wildman–Crippen LogP) is 3.32. The van der Waals surface area contributed by atoms with Crippen LogP contribution in [0.4, 0.5) is 0 Å². The molecule has 0 bridgehead atoms. The lowest BCUT2D eigenvalue weighted by Crippen LogP contribution is -2.46. The van der Waals surface area contributed by atoms with Gasteiger partial charge in [0, 0.05) is 43.5 Å².